The van der Waals surface area contributed by atoms with E-state index in [0.29, 0.717) is 16.7 Å². The van der Waals surface area contributed by atoms with Gasteiger partial charge in [-0.15, -0.1) is 0 Å². The molecule has 2 aromatic rings. The lowest BCUT2D eigenvalue weighted by Crippen LogP contribution is -2.18. The molecular weight excluding hydrogens is 252 g/mol. The Morgan fingerprint density at radius 3 is 2.89 bits per heavy atom. The van der Waals surface area contributed by atoms with Crippen molar-refractivity contribution in [2.45, 2.75) is 33.2 Å². The van der Waals surface area contributed by atoms with Gasteiger partial charge in [-0.05, 0) is 24.2 Å². The monoisotopic (exact) mass is 268 g/mol. The molecule has 0 aliphatic rings. The average Bonchev–Trinajstić information content (AvgIpc) is 2.74. The number of imidazole rings is 1. The van der Waals surface area contributed by atoms with Gasteiger partial charge in [0.1, 0.15) is 6.20 Å². The quantitative estimate of drug-likeness (QED) is 0.668. The molecular formula is C11H16N4O2S. The van der Waals surface area contributed by atoms with Crippen molar-refractivity contribution < 1.29 is 4.92 Å². The Labute approximate surface area is 109 Å². The third-order valence-corrected chi connectivity index (χ3v) is 3.37. The summed E-state index contributed by atoms with van der Waals surface area (Å²) in [6, 6.07) is 0.160. The third-order valence-electron chi connectivity index (χ3n) is 2.62. The van der Waals surface area contributed by atoms with Crippen molar-refractivity contribution in [3.8, 4) is 0 Å². The summed E-state index contributed by atoms with van der Waals surface area (Å²) in [5.41, 5.74) is 0. The zero-order valence-corrected chi connectivity index (χ0v) is 11.4. The number of nitrogens with one attached hydrogen (secondary N) is 1. The van der Waals surface area contributed by atoms with E-state index in [-0.39, 0.29) is 11.9 Å². The molecule has 1 unspecified atom stereocenters. The Kier molecular flexibility index (Phi) is 3.51. The molecule has 0 bridgehead atoms. The largest absolute Gasteiger partial charge is 0.372 e. The Morgan fingerprint density at radius 1 is 1.56 bits per heavy atom. The number of nitrogens with zero attached hydrogens (tertiary/aromatic N) is 3. The number of nitro groups is 1. The number of anilines is 1. The highest BCUT2D eigenvalue weighted by molar-refractivity contribution is 7.15. The molecule has 0 saturated heterocycles. The molecule has 2 aromatic heterocycles. The van der Waals surface area contributed by atoms with E-state index in [0.717, 1.165) is 6.42 Å². The summed E-state index contributed by atoms with van der Waals surface area (Å²) in [4.78, 5) is 15.6. The summed E-state index contributed by atoms with van der Waals surface area (Å²) in [7, 11) is 0. The summed E-state index contributed by atoms with van der Waals surface area (Å²) < 4.78 is 1.51. The van der Waals surface area contributed by atoms with Crippen LogP contribution in [0.2, 0.25) is 0 Å². The van der Waals surface area contributed by atoms with E-state index in [4.69, 9.17) is 0 Å². The van der Waals surface area contributed by atoms with Crippen LogP contribution in [0.5, 0.6) is 0 Å². The lowest BCUT2D eigenvalue weighted by atomic mass is 10.1. The van der Waals surface area contributed by atoms with Gasteiger partial charge < -0.3 is 15.4 Å². The maximum Gasteiger partial charge on any atom is 0.372 e. The van der Waals surface area contributed by atoms with Gasteiger partial charge in [-0.2, -0.15) is 9.38 Å². The molecule has 0 amide bonds. The van der Waals surface area contributed by atoms with Gasteiger partial charge in [0.25, 0.3) is 4.96 Å². The highest BCUT2D eigenvalue weighted by atomic mass is 32.1. The fraction of sp³-hybridized carbons (Fsp3) is 0.545. The lowest BCUT2D eigenvalue weighted by molar-refractivity contribution is -0.389. The summed E-state index contributed by atoms with van der Waals surface area (Å²) >= 11 is 1.39. The number of rotatable bonds is 5. The first kappa shape index (κ1) is 12.8. The van der Waals surface area contributed by atoms with Crippen molar-refractivity contribution in [2.75, 3.05) is 5.32 Å². The normalized spacial score (nSPS) is 13.1. The van der Waals surface area contributed by atoms with Crippen molar-refractivity contribution in [1.82, 2.24) is 9.38 Å². The second kappa shape index (κ2) is 4.93. The summed E-state index contributed by atoms with van der Waals surface area (Å²) in [5.74, 6) is 0.914. The van der Waals surface area contributed by atoms with Crippen molar-refractivity contribution in [3.63, 3.8) is 0 Å². The zero-order valence-electron chi connectivity index (χ0n) is 10.6. The topological polar surface area (TPSA) is 72.5 Å². The Morgan fingerprint density at radius 2 is 2.28 bits per heavy atom. The second-order valence-electron chi connectivity index (χ2n) is 4.77. The minimum absolute atomic E-state index is 0.0156. The third kappa shape index (κ3) is 2.45. The molecule has 7 heteroatoms. The zero-order chi connectivity index (χ0) is 13.3. The van der Waals surface area contributed by atoms with Crippen LogP contribution >= 0.6 is 11.3 Å². The first-order chi connectivity index (χ1) is 8.49. The molecule has 0 aromatic carbocycles. The van der Waals surface area contributed by atoms with Gasteiger partial charge in [-0.3, -0.25) is 0 Å². The molecule has 0 saturated carbocycles. The molecule has 2 rings (SSSR count). The molecule has 0 aliphatic heterocycles. The van der Waals surface area contributed by atoms with Crippen molar-refractivity contribution >= 4 is 27.9 Å². The number of aromatic nitrogens is 2. The Hall–Kier alpha value is -1.63. The van der Waals surface area contributed by atoms with E-state index >= 15 is 0 Å². The van der Waals surface area contributed by atoms with Crippen LogP contribution in [-0.4, -0.2) is 20.3 Å². The molecule has 1 N–H and O–H groups in total. The molecule has 0 spiro atoms. The molecule has 1 atom stereocenters. The fourth-order valence-electron chi connectivity index (χ4n) is 2.04. The predicted octanol–water partition coefficient (Wildman–Crippen LogP) is 3.15. The van der Waals surface area contributed by atoms with Crippen LogP contribution in [0.1, 0.15) is 27.2 Å². The van der Waals surface area contributed by atoms with E-state index in [2.05, 4.69) is 24.1 Å². The first-order valence-electron chi connectivity index (χ1n) is 5.85. The van der Waals surface area contributed by atoms with Gasteiger partial charge in [-0.25, -0.2) is 0 Å². The number of hydrogen-bond donors (Lipinski definition) is 1. The molecule has 0 aliphatic carbocycles. The van der Waals surface area contributed by atoms with E-state index in [1.165, 1.54) is 15.7 Å². The van der Waals surface area contributed by atoms with Gasteiger partial charge in [0.05, 0.1) is 0 Å². The van der Waals surface area contributed by atoms with Crippen molar-refractivity contribution in [3.05, 3.63) is 21.7 Å². The summed E-state index contributed by atoms with van der Waals surface area (Å²) in [6.45, 7) is 6.26. The maximum atomic E-state index is 11.1. The molecule has 6 nitrogen and oxygen atoms in total. The Bertz CT molecular complexity index is 560. The lowest BCUT2D eigenvalue weighted by Gasteiger charge is -2.14. The van der Waals surface area contributed by atoms with Crippen LogP contribution in [0, 0.1) is 16.0 Å². The SMILES string of the molecule is CC(C)CC(C)Nc1nc2sccn2c1[N+](=O)[O-]. The maximum absolute atomic E-state index is 11.1. The van der Waals surface area contributed by atoms with Crippen LogP contribution in [-0.2, 0) is 0 Å². The highest BCUT2D eigenvalue weighted by Crippen LogP contribution is 2.28. The molecule has 18 heavy (non-hydrogen) atoms. The van der Waals surface area contributed by atoms with Crippen LogP contribution in [0.25, 0.3) is 4.96 Å². The minimum Gasteiger partial charge on any atom is -0.360 e. The molecule has 0 fully saturated rings. The predicted molar refractivity (Wildman–Crippen MR) is 72.3 cm³/mol. The van der Waals surface area contributed by atoms with Gasteiger partial charge in [-0.1, -0.05) is 25.2 Å². The van der Waals surface area contributed by atoms with Gasteiger partial charge in [0.2, 0.25) is 5.82 Å². The molecule has 98 valence electrons. The van der Waals surface area contributed by atoms with Gasteiger partial charge in [0.15, 0.2) is 0 Å². The van der Waals surface area contributed by atoms with E-state index < -0.39 is 4.92 Å². The summed E-state index contributed by atoms with van der Waals surface area (Å²) in [6.07, 6.45) is 2.62. The highest BCUT2D eigenvalue weighted by Gasteiger charge is 2.24. The first-order valence-corrected chi connectivity index (χ1v) is 6.73. The average molecular weight is 268 g/mol. The van der Waals surface area contributed by atoms with E-state index in [1.54, 1.807) is 11.6 Å². The van der Waals surface area contributed by atoms with Crippen LogP contribution < -0.4 is 5.32 Å². The van der Waals surface area contributed by atoms with Gasteiger partial charge in [0, 0.05) is 11.4 Å². The van der Waals surface area contributed by atoms with Crippen molar-refractivity contribution in [1.29, 1.82) is 0 Å². The van der Waals surface area contributed by atoms with Gasteiger partial charge >= 0.3 is 5.82 Å². The summed E-state index contributed by atoms with van der Waals surface area (Å²) in [5, 5.41) is 16.0. The number of hydrogen-bond acceptors (Lipinski definition) is 5. The Balaban J connectivity index is 2.29. The van der Waals surface area contributed by atoms with Crippen LogP contribution in [0.4, 0.5) is 11.6 Å². The van der Waals surface area contributed by atoms with Crippen molar-refractivity contribution in [2.24, 2.45) is 5.92 Å². The van der Waals surface area contributed by atoms with E-state index in [1.807, 2.05) is 6.92 Å². The van der Waals surface area contributed by atoms with Crippen LogP contribution in [0.3, 0.4) is 0 Å². The van der Waals surface area contributed by atoms with Crippen LogP contribution in [0.15, 0.2) is 11.6 Å². The minimum atomic E-state index is -0.392. The molecule has 2 heterocycles. The standard InChI is InChI=1S/C11H16N4O2S/c1-7(2)6-8(3)12-9-10(15(16)17)14-4-5-18-11(14)13-9/h4-5,7-8,12H,6H2,1-3H3. The number of fused-ring (bicyclic) bond motifs is 1. The molecule has 0 radical (unpaired) electrons. The van der Waals surface area contributed by atoms with E-state index in [9.17, 15) is 10.1 Å². The number of thiazole rings is 1. The second-order valence-corrected chi connectivity index (χ2v) is 5.64. The fourth-order valence-corrected chi connectivity index (χ4v) is 2.75. The smallest absolute Gasteiger partial charge is 0.360 e.